The van der Waals surface area contributed by atoms with E-state index in [4.69, 9.17) is 11.6 Å². The number of allylic oxidation sites excluding steroid dienone is 1. The van der Waals surface area contributed by atoms with Crippen LogP contribution >= 0.6 is 22.9 Å². The van der Waals surface area contributed by atoms with E-state index in [0.29, 0.717) is 10.6 Å². The van der Waals surface area contributed by atoms with Gasteiger partial charge in [0, 0.05) is 5.56 Å². The fraction of sp³-hybridized carbons (Fsp3) is 0. The monoisotopic (exact) mass is 314 g/mol. The van der Waals surface area contributed by atoms with Gasteiger partial charge in [-0.15, -0.1) is 11.3 Å². The van der Waals surface area contributed by atoms with Crippen LogP contribution in [0, 0.1) is 17.1 Å². The maximum Gasteiger partial charge on any atom is 0.135 e. The number of thiazole rings is 1. The van der Waals surface area contributed by atoms with Crippen LogP contribution < -0.4 is 0 Å². The Labute approximate surface area is 129 Å². The van der Waals surface area contributed by atoms with Crippen molar-refractivity contribution < 1.29 is 4.39 Å². The summed E-state index contributed by atoms with van der Waals surface area (Å²) in [5, 5.41) is 10.2. The number of para-hydroxylation sites is 1. The van der Waals surface area contributed by atoms with Crippen molar-refractivity contribution in [3.63, 3.8) is 0 Å². The van der Waals surface area contributed by atoms with Crippen LogP contribution in [0.5, 0.6) is 0 Å². The highest BCUT2D eigenvalue weighted by Gasteiger charge is 2.11. The summed E-state index contributed by atoms with van der Waals surface area (Å²) in [6.45, 7) is 0. The Balaban J connectivity index is 2.14. The minimum atomic E-state index is -0.462. The van der Waals surface area contributed by atoms with E-state index in [-0.39, 0.29) is 10.6 Å². The molecule has 0 unspecified atom stereocenters. The van der Waals surface area contributed by atoms with Crippen molar-refractivity contribution in [2.24, 2.45) is 0 Å². The van der Waals surface area contributed by atoms with Gasteiger partial charge in [-0.3, -0.25) is 0 Å². The molecular weight excluding hydrogens is 307 g/mol. The second-order valence-electron chi connectivity index (χ2n) is 4.29. The van der Waals surface area contributed by atoms with Crippen LogP contribution in [-0.2, 0) is 0 Å². The van der Waals surface area contributed by atoms with Gasteiger partial charge in [-0.2, -0.15) is 5.26 Å². The molecule has 0 fully saturated rings. The highest BCUT2D eigenvalue weighted by molar-refractivity contribution is 7.19. The van der Waals surface area contributed by atoms with Crippen molar-refractivity contribution in [3.8, 4) is 6.07 Å². The number of benzene rings is 2. The molecule has 0 bridgehead atoms. The molecule has 102 valence electrons. The molecule has 2 aromatic carbocycles. The van der Waals surface area contributed by atoms with Gasteiger partial charge in [-0.1, -0.05) is 29.8 Å². The van der Waals surface area contributed by atoms with Crippen molar-refractivity contribution in [3.05, 3.63) is 63.9 Å². The number of hydrogen-bond donors (Lipinski definition) is 0. The van der Waals surface area contributed by atoms with Gasteiger partial charge in [0.05, 0.1) is 20.8 Å². The van der Waals surface area contributed by atoms with Crippen LogP contribution in [-0.4, -0.2) is 4.98 Å². The van der Waals surface area contributed by atoms with Gasteiger partial charge >= 0.3 is 0 Å². The standard InChI is InChI=1S/C16H8ClFN2S/c17-12-4-3-5-13(18)11(12)8-10(9-19)16-20-14-6-1-2-7-15(14)21-16/h1-8H/b10-8-. The van der Waals surface area contributed by atoms with Crippen molar-refractivity contribution >= 4 is 44.8 Å². The topological polar surface area (TPSA) is 36.7 Å². The van der Waals surface area contributed by atoms with E-state index in [1.54, 1.807) is 6.07 Å². The van der Waals surface area contributed by atoms with E-state index in [1.807, 2.05) is 24.3 Å². The third kappa shape index (κ3) is 2.66. The second-order valence-corrected chi connectivity index (χ2v) is 5.73. The first-order valence-corrected chi connectivity index (χ1v) is 7.30. The quantitative estimate of drug-likeness (QED) is 0.613. The Kier molecular flexibility index (Phi) is 3.70. The molecule has 3 aromatic rings. The zero-order valence-electron chi connectivity index (χ0n) is 10.7. The van der Waals surface area contributed by atoms with Gasteiger partial charge in [0.15, 0.2) is 0 Å². The van der Waals surface area contributed by atoms with Crippen LogP contribution in [0.25, 0.3) is 21.9 Å². The fourth-order valence-electron chi connectivity index (χ4n) is 1.92. The highest BCUT2D eigenvalue weighted by atomic mass is 35.5. The molecule has 0 radical (unpaired) electrons. The number of fused-ring (bicyclic) bond motifs is 1. The minimum absolute atomic E-state index is 0.204. The molecule has 0 saturated carbocycles. The first kappa shape index (κ1) is 13.7. The average Bonchev–Trinajstić information content (AvgIpc) is 2.90. The Morgan fingerprint density at radius 3 is 2.76 bits per heavy atom. The molecule has 0 atom stereocenters. The lowest BCUT2D eigenvalue weighted by Gasteiger charge is -2.00. The molecule has 0 spiro atoms. The number of nitrogens with zero attached hydrogens (tertiary/aromatic N) is 2. The third-order valence-electron chi connectivity index (χ3n) is 2.93. The molecule has 0 N–H and O–H groups in total. The highest BCUT2D eigenvalue weighted by Crippen LogP contribution is 2.30. The van der Waals surface area contributed by atoms with Crippen molar-refractivity contribution in [1.82, 2.24) is 4.98 Å². The third-order valence-corrected chi connectivity index (χ3v) is 4.33. The molecule has 0 aliphatic carbocycles. The van der Waals surface area contributed by atoms with E-state index >= 15 is 0 Å². The Hall–Kier alpha value is -2.22. The molecule has 1 heterocycles. The number of aromatic nitrogens is 1. The molecule has 21 heavy (non-hydrogen) atoms. The fourth-order valence-corrected chi connectivity index (χ4v) is 3.07. The summed E-state index contributed by atoms with van der Waals surface area (Å²) < 4.78 is 14.8. The van der Waals surface area contributed by atoms with Crippen LogP contribution in [0.2, 0.25) is 5.02 Å². The molecule has 2 nitrogen and oxygen atoms in total. The van der Waals surface area contributed by atoms with Gasteiger partial charge < -0.3 is 0 Å². The summed E-state index contributed by atoms with van der Waals surface area (Å²) in [5.41, 5.74) is 1.32. The molecule has 5 heteroatoms. The Morgan fingerprint density at radius 2 is 2.05 bits per heavy atom. The number of rotatable bonds is 2. The van der Waals surface area contributed by atoms with Gasteiger partial charge in [0.25, 0.3) is 0 Å². The summed E-state index contributed by atoms with van der Waals surface area (Å²) in [6.07, 6.45) is 1.44. The molecule has 3 rings (SSSR count). The number of halogens is 2. The predicted molar refractivity (Wildman–Crippen MR) is 84.5 cm³/mol. The molecule has 0 saturated heterocycles. The average molecular weight is 315 g/mol. The molecular formula is C16H8ClFN2S. The first-order chi connectivity index (χ1) is 10.2. The minimum Gasteiger partial charge on any atom is -0.235 e. The first-order valence-electron chi connectivity index (χ1n) is 6.11. The van der Waals surface area contributed by atoms with Crippen LogP contribution in [0.15, 0.2) is 42.5 Å². The summed E-state index contributed by atoms with van der Waals surface area (Å²) in [5.74, 6) is -0.462. The largest absolute Gasteiger partial charge is 0.235 e. The van der Waals surface area contributed by atoms with Crippen molar-refractivity contribution in [1.29, 1.82) is 5.26 Å². The maximum atomic E-state index is 13.8. The van der Waals surface area contributed by atoms with E-state index < -0.39 is 5.82 Å². The zero-order valence-corrected chi connectivity index (χ0v) is 12.2. The molecule has 0 amide bonds. The van der Waals surface area contributed by atoms with E-state index in [9.17, 15) is 9.65 Å². The maximum absolute atomic E-state index is 13.8. The lowest BCUT2D eigenvalue weighted by molar-refractivity contribution is 0.625. The molecule has 0 aliphatic heterocycles. The van der Waals surface area contributed by atoms with E-state index in [0.717, 1.165) is 10.2 Å². The summed E-state index contributed by atoms with van der Waals surface area (Å²) >= 11 is 7.38. The molecule has 1 aromatic heterocycles. The molecule has 0 aliphatic rings. The van der Waals surface area contributed by atoms with E-state index in [2.05, 4.69) is 11.1 Å². The van der Waals surface area contributed by atoms with Crippen LogP contribution in [0.4, 0.5) is 4.39 Å². The van der Waals surface area contributed by atoms with Crippen molar-refractivity contribution in [2.75, 3.05) is 0 Å². The normalized spacial score (nSPS) is 11.6. The number of hydrogen-bond acceptors (Lipinski definition) is 3. The van der Waals surface area contributed by atoms with Gasteiger partial charge in [0.2, 0.25) is 0 Å². The van der Waals surface area contributed by atoms with Crippen molar-refractivity contribution in [2.45, 2.75) is 0 Å². The van der Waals surface area contributed by atoms with E-state index in [1.165, 1.54) is 29.5 Å². The predicted octanol–water partition coefficient (Wildman–Crippen LogP) is 5.15. The summed E-state index contributed by atoms with van der Waals surface area (Å²) in [4.78, 5) is 4.40. The zero-order chi connectivity index (χ0) is 14.8. The van der Waals surface area contributed by atoms with Gasteiger partial charge in [-0.25, -0.2) is 9.37 Å². The summed E-state index contributed by atoms with van der Waals surface area (Å²) in [7, 11) is 0. The lowest BCUT2D eigenvalue weighted by Crippen LogP contribution is -1.86. The second kappa shape index (κ2) is 5.65. The van der Waals surface area contributed by atoms with Gasteiger partial charge in [-0.05, 0) is 30.3 Å². The van der Waals surface area contributed by atoms with Crippen LogP contribution in [0.1, 0.15) is 10.6 Å². The SMILES string of the molecule is N#C/C(=C/c1c(F)cccc1Cl)c1nc2ccccc2s1. The van der Waals surface area contributed by atoms with Gasteiger partial charge in [0.1, 0.15) is 16.9 Å². The lowest BCUT2D eigenvalue weighted by atomic mass is 10.1. The smallest absolute Gasteiger partial charge is 0.135 e. The van der Waals surface area contributed by atoms with Crippen LogP contribution in [0.3, 0.4) is 0 Å². The Morgan fingerprint density at radius 1 is 1.24 bits per heavy atom. The Bertz CT molecular complexity index is 839. The number of nitriles is 1. The summed E-state index contributed by atoms with van der Waals surface area (Å²) in [6, 6.07) is 14.1.